The number of nitrogens with one attached hydrogen (secondary N) is 2. The maximum atomic E-state index is 12.2. The lowest BCUT2D eigenvalue weighted by Gasteiger charge is -2.57. The number of halogens is 1. The summed E-state index contributed by atoms with van der Waals surface area (Å²) in [4.78, 5) is 12.2. The van der Waals surface area contributed by atoms with Crippen LogP contribution in [0.1, 0.15) is 55.3 Å². The van der Waals surface area contributed by atoms with Gasteiger partial charge in [-0.1, -0.05) is 11.6 Å². The molecule has 0 atom stereocenters. The van der Waals surface area contributed by atoms with Crippen molar-refractivity contribution in [2.24, 2.45) is 17.8 Å². The molecule has 0 heterocycles. The van der Waals surface area contributed by atoms with Crippen LogP contribution in [0.5, 0.6) is 0 Å². The fraction of sp³-hybridized carbons (Fsp3) is 0.650. The van der Waals surface area contributed by atoms with Crippen LogP contribution >= 0.6 is 11.6 Å². The van der Waals surface area contributed by atoms with Crippen LogP contribution in [0.4, 0.5) is 5.69 Å². The Kier molecular flexibility index (Phi) is 4.67. The topological polar surface area (TPSA) is 67.2 Å². The Morgan fingerprint density at radius 3 is 2.36 bits per heavy atom. The van der Waals surface area contributed by atoms with E-state index in [-0.39, 0.29) is 5.91 Å². The zero-order chi connectivity index (χ0) is 17.4. The molecule has 4 saturated carbocycles. The molecule has 4 bridgehead atoms. The summed E-state index contributed by atoms with van der Waals surface area (Å²) in [5.74, 6) is 2.77. The average molecular weight is 362 g/mol. The lowest BCUT2D eigenvalue weighted by atomic mass is 9.53. The molecule has 0 aromatic heterocycles. The van der Waals surface area contributed by atoms with E-state index in [0.717, 1.165) is 30.7 Å². The van der Waals surface area contributed by atoms with Crippen LogP contribution in [0.2, 0.25) is 5.02 Å². The van der Waals surface area contributed by atoms with Gasteiger partial charge in [0, 0.05) is 17.8 Å². The van der Waals surface area contributed by atoms with Crippen LogP contribution in [-0.4, -0.2) is 24.5 Å². The Morgan fingerprint density at radius 1 is 1.12 bits per heavy atom. The summed E-state index contributed by atoms with van der Waals surface area (Å²) in [7, 11) is 0. The normalized spacial score (nSPS) is 32.8. The number of benzene rings is 1. The zero-order valence-corrected chi connectivity index (χ0v) is 15.4. The second-order valence-electron chi connectivity index (χ2n) is 8.47. The number of rotatable bonds is 6. The van der Waals surface area contributed by atoms with Gasteiger partial charge in [-0.05, 0) is 87.4 Å². The van der Waals surface area contributed by atoms with Gasteiger partial charge in [-0.25, -0.2) is 0 Å². The fourth-order valence-corrected chi connectivity index (χ4v) is 6.06. The summed E-state index contributed by atoms with van der Waals surface area (Å²) in [5, 5.41) is 7.24. The Hall–Kier alpha value is -1.26. The predicted octanol–water partition coefficient (Wildman–Crippen LogP) is 3.60. The van der Waals surface area contributed by atoms with Crippen molar-refractivity contribution >= 4 is 23.2 Å². The molecular formula is C20H28ClN3O. The summed E-state index contributed by atoms with van der Waals surface area (Å²) in [6.07, 6.45) is 9.46. The molecule has 1 amide bonds. The van der Waals surface area contributed by atoms with E-state index in [0.29, 0.717) is 28.4 Å². The SMILES string of the molecule is Nc1ccc(C(=O)NCCCNC23CC4CC(CC(C4)C2)C3)c(Cl)c1. The molecule has 1 aromatic rings. The quantitative estimate of drug-likeness (QED) is 0.535. The molecule has 0 spiro atoms. The van der Waals surface area contributed by atoms with Crippen LogP contribution in [0.25, 0.3) is 0 Å². The number of nitrogen functional groups attached to an aromatic ring is 1. The van der Waals surface area contributed by atoms with Crippen LogP contribution in [0.3, 0.4) is 0 Å². The van der Waals surface area contributed by atoms with Crippen molar-refractivity contribution in [2.45, 2.75) is 50.5 Å². The third-order valence-corrected chi connectivity index (χ3v) is 6.73. The minimum Gasteiger partial charge on any atom is -0.399 e. The largest absolute Gasteiger partial charge is 0.399 e. The van der Waals surface area contributed by atoms with Crippen LogP contribution in [0.15, 0.2) is 18.2 Å². The second kappa shape index (κ2) is 6.81. The number of carbonyl (C=O) groups excluding carboxylic acids is 1. The first-order valence-electron chi connectivity index (χ1n) is 9.61. The molecule has 0 aliphatic heterocycles. The molecule has 1 aromatic carbocycles. The summed E-state index contributed by atoms with van der Waals surface area (Å²) in [6, 6.07) is 5.00. The lowest BCUT2D eigenvalue weighted by Crippen LogP contribution is -2.58. The van der Waals surface area contributed by atoms with E-state index in [1.165, 1.54) is 38.5 Å². The molecule has 5 rings (SSSR count). The maximum Gasteiger partial charge on any atom is 0.252 e. The van der Waals surface area contributed by atoms with Crippen LogP contribution in [0, 0.1) is 17.8 Å². The van der Waals surface area contributed by atoms with E-state index < -0.39 is 0 Å². The Bertz CT molecular complexity index is 625. The monoisotopic (exact) mass is 361 g/mol. The van der Waals surface area contributed by atoms with Gasteiger partial charge in [-0.3, -0.25) is 4.79 Å². The van der Waals surface area contributed by atoms with Gasteiger partial charge in [-0.2, -0.15) is 0 Å². The standard InChI is InChI=1S/C20H28ClN3O/c21-18-9-16(22)2-3-17(18)19(25)23-4-1-5-24-20-10-13-6-14(11-20)8-15(7-13)12-20/h2-3,9,13-15,24H,1,4-8,10-12,22H2,(H,23,25). The van der Waals surface area contributed by atoms with Gasteiger partial charge in [0.15, 0.2) is 0 Å². The highest BCUT2D eigenvalue weighted by Gasteiger charge is 2.50. The minimum absolute atomic E-state index is 0.125. The van der Waals surface area contributed by atoms with E-state index in [9.17, 15) is 4.79 Å². The zero-order valence-electron chi connectivity index (χ0n) is 14.7. The third kappa shape index (κ3) is 3.65. The van der Waals surface area contributed by atoms with Gasteiger partial charge < -0.3 is 16.4 Å². The van der Waals surface area contributed by atoms with Gasteiger partial charge in [0.25, 0.3) is 5.91 Å². The molecule has 5 heteroatoms. The smallest absolute Gasteiger partial charge is 0.252 e. The first-order chi connectivity index (χ1) is 12.0. The third-order valence-electron chi connectivity index (χ3n) is 6.42. The van der Waals surface area contributed by atoms with E-state index in [4.69, 9.17) is 17.3 Å². The molecule has 0 saturated heterocycles. The van der Waals surface area contributed by atoms with Crippen molar-refractivity contribution in [3.8, 4) is 0 Å². The minimum atomic E-state index is -0.125. The molecule has 136 valence electrons. The van der Waals surface area contributed by atoms with Crippen molar-refractivity contribution < 1.29 is 4.79 Å². The van der Waals surface area contributed by atoms with Crippen molar-refractivity contribution in [3.05, 3.63) is 28.8 Å². The highest BCUT2D eigenvalue weighted by molar-refractivity contribution is 6.34. The Labute approximate surface area is 154 Å². The number of hydrogen-bond donors (Lipinski definition) is 3. The molecule has 4 aliphatic rings. The summed E-state index contributed by atoms with van der Waals surface area (Å²) >= 11 is 6.09. The van der Waals surface area contributed by atoms with Crippen LogP contribution in [-0.2, 0) is 0 Å². The summed E-state index contributed by atoms with van der Waals surface area (Å²) in [6.45, 7) is 1.64. The molecule has 4 N–H and O–H groups in total. The molecule has 4 fully saturated rings. The van der Waals surface area contributed by atoms with Gasteiger partial charge in [0.05, 0.1) is 10.6 Å². The number of amides is 1. The molecule has 25 heavy (non-hydrogen) atoms. The lowest BCUT2D eigenvalue weighted by molar-refractivity contribution is -0.0195. The van der Waals surface area contributed by atoms with Gasteiger partial charge in [0.2, 0.25) is 0 Å². The Balaban J connectivity index is 1.22. The van der Waals surface area contributed by atoms with Crippen molar-refractivity contribution in [1.82, 2.24) is 10.6 Å². The molecule has 4 aliphatic carbocycles. The van der Waals surface area contributed by atoms with Gasteiger partial charge in [0.1, 0.15) is 0 Å². The number of hydrogen-bond acceptors (Lipinski definition) is 3. The second-order valence-corrected chi connectivity index (χ2v) is 8.88. The van der Waals surface area contributed by atoms with Crippen LogP contribution < -0.4 is 16.4 Å². The summed E-state index contributed by atoms with van der Waals surface area (Å²) < 4.78 is 0. The summed E-state index contributed by atoms with van der Waals surface area (Å²) in [5.41, 5.74) is 7.13. The molecular weight excluding hydrogens is 334 g/mol. The van der Waals surface area contributed by atoms with E-state index in [1.807, 2.05) is 0 Å². The van der Waals surface area contributed by atoms with E-state index in [1.54, 1.807) is 18.2 Å². The Morgan fingerprint density at radius 2 is 1.76 bits per heavy atom. The molecule has 0 radical (unpaired) electrons. The maximum absolute atomic E-state index is 12.2. The first kappa shape index (κ1) is 17.2. The fourth-order valence-electron chi connectivity index (χ4n) is 5.78. The van der Waals surface area contributed by atoms with E-state index in [2.05, 4.69) is 10.6 Å². The van der Waals surface area contributed by atoms with E-state index >= 15 is 0 Å². The number of anilines is 1. The highest BCUT2D eigenvalue weighted by atomic mass is 35.5. The average Bonchev–Trinajstić information content (AvgIpc) is 2.53. The molecule has 4 nitrogen and oxygen atoms in total. The van der Waals surface area contributed by atoms with Crippen molar-refractivity contribution in [2.75, 3.05) is 18.8 Å². The van der Waals surface area contributed by atoms with Crippen molar-refractivity contribution in [1.29, 1.82) is 0 Å². The first-order valence-corrected chi connectivity index (χ1v) is 9.99. The van der Waals surface area contributed by atoms with Crippen molar-refractivity contribution in [3.63, 3.8) is 0 Å². The molecule has 0 unspecified atom stereocenters. The number of nitrogens with two attached hydrogens (primary N) is 1. The van der Waals surface area contributed by atoms with Gasteiger partial charge in [-0.15, -0.1) is 0 Å². The number of carbonyl (C=O) groups is 1. The highest BCUT2D eigenvalue weighted by Crippen LogP contribution is 2.55. The predicted molar refractivity (Wildman–Crippen MR) is 102 cm³/mol. The van der Waals surface area contributed by atoms with Gasteiger partial charge >= 0.3 is 0 Å².